The molecule has 0 aliphatic rings. The molecule has 0 aliphatic carbocycles. The molecule has 2 N–H and O–H groups in total. The molecule has 106 valence electrons. The number of carbonyl (C=O) groups is 1. The number of aliphatic carboxylic acids is 1. The second-order valence-corrected chi connectivity index (χ2v) is 6.45. The van der Waals surface area contributed by atoms with Crippen LogP contribution in [-0.2, 0) is 10.2 Å². The lowest BCUT2D eigenvalue weighted by atomic mass is 9.86. The lowest BCUT2D eigenvalue weighted by Crippen LogP contribution is -2.31. The van der Waals surface area contributed by atoms with Gasteiger partial charge in [0.1, 0.15) is 6.04 Å². The van der Waals surface area contributed by atoms with E-state index in [1.54, 1.807) is 0 Å². The Balaban J connectivity index is 2.89. The fraction of sp³-hybridized carbons (Fsp3) is 0.562. The van der Waals surface area contributed by atoms with Crippen LogP contribution >= 0.6 is 0 Å². The van der Waals surface area contributed by atoms with Crippen molar-refractivity contribution in [3.8, 4) is 0 Å². The topological polar surface area (TPSA) is 49.3 Å². The summed E-state index contributed by atoms with van der Waals surface area (Å²) in [7, 11) is 0. The summed E-state index contributed by atoms with van der Waals surface area (Å²) in [5.41, 5.74) is 2.10. The number of hydrogen-bond donors (Lipinski definition) is 2. The molecule has 0 fully saturated rings. The van der Waals surface area contributed by atoms with E-state index in [-0.39, 0.29) is 5.41 Å². The van der Waals surface area contributed by atoms with Crippen molar-refractivity contribution in [1.82, 2.24) is 5.32 Å². The molecular weight excluding hydrogens is 238 g/mol. The first kappa shape index (κ1) is 15.7. The SMILES string of the molecule is CC(C)CNC(C(=O)O)c1ccc(C(C)(C)C)cc1. The lowest BCUT2D eigenvalue weighted by molar-refractivity contribution is -0.139. The Morgan fingerprint density at radius 2 is 1.74 bits per heavy atom. The van der Waals surface area contributed by atoms with Crippen molar-refractivity contribution in [3.63, 3.8) is 0 Å². The molecule has 0 bridgehead atoms. The Bertz CT molecular complexity index is 415. The van der Waals surface area contributed by atoms with E-state index < -0.39 is 12.0 Å². The first-order chi connectivity index (χ1) is 8.71. The van der Waals surface area contributed by atoms with Gasteiger partial charge in [-0.05, 0) is 29.0 Å². The van der Waals surface area contributed by atoms with Crippen molar-refractivity contribution >= 4 is 5.97 Å². The van der Waals surface area contributed by atoms with Crippen LogP contribution < -0.4 is 5.32 Å². The highest BCUT2D eigenvalue weighted by Gasteiger charge is 2.20. The molecule has 1 unspecified atom stereocenters. The van der Waals surface area contributed by atoms with Gasteiger partial charge in [-0.2, -0.15) is 0 Å². The summed E-state index contributed by atoms with van der Waals surface area (Å²) >= 11 is 0. The zero-order valence-corrected chi connectivity index (χ0v) is 12.5. The number of benzene rings is 1. The molecule has 1 aromatic carbocycles. The highest BCUT2D eigenvalue weighted by atomic mass is 16.4. The molecule has 0 heterocycles. The molecule has 0 aromatic heterocycles. The monoisotopic (exact) mass is 263 g/mol. The molecular formula is C16H25NO2. The first-order valence-corrected chi connectivity index (χ1v) is 6.78. The van der Waals surface area contributed by atoms with Crippen LogP contribution in [-0.4, -0.2) is 17.6 Å². The molecule has 19 heavy (non-hydrogen) atoms. The van der Waals surface area contributed by atoms with Gasteiger partial charge in [-0.3, -0.25) is 4.79 Å². The minimum Gasteiger partial charge on any atom is -0.480 e. The van der Waals surface area contributed by atoms with Crippen molar-refractivity contribution in [2.24, 2.45) is 5.92 Å². The number of carboxylic acids is 1. The summed E-state index contributed by atoms with van der Waals surface area (Å²) in [4.78, 5) is 11.3. The normalized spacial score (nSPS) is 13.6. The van der Waals surface area contributed by atoms with Crippen molar-refractivity contribution < 1.29 is 9.90 Å². The average Bonchev–Trinajstić information content (AvgIpc) is 2.27. The zero-order chi connectivity index (χ0) is 14.6. The van der Waals surface area contributed by atoms with Gasteiger partial charge in [-0.1, -0.05) is 58.9 Å². The van der Waals surface area contributed by atoms with Gasteiger partial charge >= 0.3 is 5.97 Å². The molecule has 0 saturated carbocycles. The molecule has 0 amide bonds. The van der Waals surface area contributed by atoms with E-state index in [9.17, 15) is 9.90 Å². The summed E-state index contributed by atoms with van der Waals surface area (Å²) in [5.74, 6) is -0.403. The summed E-state index contributed by atoms with van der Waals surface area (Å²) in [5, 5.41) is 12.4. The first-order valence-electron chi connectivity index (χ1n) is 6.78. The zero-order valence-electron chi connectivity index (χ0n) is 12.5. The highest BCUT2D eigenvalue weighted by molar-refractivity contribution is 5.75. The Morgan fingerprint density at radius 3 is 2.11 bits per heavy atom. The third-order valence-corrected chi connectivity index (χ3v) is 3.09. The Morgan fingerprint density at radius 1 is 1.21 bits per heavy atom. The van der Waals surface area contributed by atoms with Crippen LogP contribution in [0.5, 0.6) is 0 Å². The average molecular weight is 263 g/mol. The molecule has 0 radical (unpaired) electrons. The van der Waals surface area contributed by atoms with E-state index in [4.69, 9.17) is 0 Å². The molecule has 1 rings (SSSR count). The summed E-state index contributed by atoms with van der Waals surface area (Å²) in [6.07, 6.45) is 0. The molecule has 3 heteroatoms. The van der Waals surface area contributed by atoms with E-state index in [0.29, 0.717) is 12.5 Å². The van der Waals surface area contributed by atoms with Crippen LogP contribution in [0.4, 0.5) is 0 Å². The van der Waals surface area contributed by atoms with Crippen LogP contribution in [0.15, 0.2) is 24.3 Å². The van der Waals surface area contributed by atoms with Gasteiger partial charge in [-0.25, -0.2) is 0 Å². The largest absolute Gasteiger partial charge is 0.480 e. The van der Waals surface area contributed by atoms with E-state index in [0.717, 1.165) is 5.56 Å². The maximum absolute atomic E-state index is 11.3. The lowest BCUT2D eigenvalue weighted by Gasteiger charge is -2.21. The highest BCUT2D eigenvalue weighted by Crippen LogP contribution is 2.24. The van der Waals surface area contributed by atoms with E-state index >= 15 is 0 Å². The van der Waals surface area contributed by atoms with Crippen molar-refractivity contribution in [2.45, 2.75) is 46.1 Å². The Labute approximate surface area is 116 Å². The number of carboxylic acid groups (broad SMARTS) is 1. The maximum atomic E-state index is 11.3. The van der Waals surface area contributed by atoms with Crippen LogP contribution in [0, 0.1) is 5.92 Å². The van der Waals surface area contributed by atoms with Crippen LogP contribution in [0.25, 0.3) is 0 Å². The fourth-order valence-electron chi connectivity index (χ4n) is 1.88. The van der Waals surface area contributed by atoms with Crippen LogP contribution in [0.3, 0.4) is 0 Å². The minimum atomic E-state index is -0.829. The van der Waals surface area contributed by atoms with Gasteiger partial charge in [0.2, 0.25) is 0 Å². The van der Waals surface area contributed by atoms with Gasteiger partial charge in [0.05, 0.1) is 0 Å². The second kappa shape index (κ2) is 6.20. The molecule has 0 saturated heterocycles. The van der Waals surface area contributed by atoms with Crippen LogP contribution in [0.1, 0.15) is 51.8 Å². The standard InChI is InChI=1S/C16H25NO2/c1-11(2)10-17-14(15(18)19)12-6-8-13(9-7-12)16(3,4)5/h6-9,11,14,17H,10H2,1-5H3,(H,18,19). The Hall–Kier alpha value is -1.35. The second-order valence-electron chi connectivity index (χ2n) is 6.45. The maximum Gasteiger partial charge on any atom is 0.325 e. The smallest absolute Gasteiger partial charge is 0.325 e. The van der Waals surface area contributed by atoms with Crippen molar-refractivity contribution in [3.05, 3.63) is 35.4 Å². The predicted octanol–water partition coefficient (Wildman–Crippen LogP) is 3.36. The molecule has 0 spiro atoms. The summed E-state index contributed by atoms with van der Waals surface area (Å²) in [6.45, 7) is 11.3. The molecule has 3 nitrogen and oxygen atoms in total. The van der Waals surface area contributed by atoms with E-state index in [1.807, 2.05) is 24.3 Å². The van der Waals surface area contributed by atoms with Gasteiger partial charge in [0.15, 0.2) is 0 Å². The summed E-state index contributed by atoms with van der Waals surface area (Å²) < 4.78 is 0. The van der Waals surface area contributed by atoms with Crippen molar-refractivity contribution in [1.29, 1.82) is 0 Å². The number of rotatable bonds is 5. The molecule has 1 aromatic rings. The third kappa shape index (κ3) is 4.67. The predicted molar refractivity (Wildman–Crippen MR) is 78.4 cm³/mol. The summed E-state index contributed by atoms with van der Waals surface area (Å²) in [6, 6.07) is 7.22. The van der Waals surface area contributed by atoms with Gasteiger partial charge < -0.3 is 10.4 Å². The van der Waals surface area contributed by atoms with Crippen molar-refractivity contribution in [2.75, 3.05) is 6.54 Å². The molecule has 1 atom stereocenters. The Kier molecular flexibility index (Phi) is 5.12. The van der Waals surface area contributed by atoms with E-state index in [1.165, 1.54) is 5.56 Å². The van der Waals surface area contributed by atoms with Gasteiger partial charge in [0, 0.05) is 0 Å². The fourth-order valence-corrected chi connectivity index (χ4v) is 1.88. The quantitative estimate of drug-likeness (QED) is 0.856. The van der Waals surface area contributed by atoms with Gasteiger partial charge in [-0.15, -0.1) is 0 Å². The van der Waals surface area contributed by atoms with Gasteiger partial charge in [0.25, 0.3) is 0 Å². The van der Waals surface area contributed by atoms with Crippen LogP contribution in [0.2, 0.25) is 0 Å². The minimum absolute atomic E-state index is 0.0859. The number of nitrogens with one attached hydrogen (secondary N) is 1. The van der Waals surface area contributed by atoms with E-state index in [2.05, 4.69) is 39.9 Å². The third-order valence-electron chi connectivity index (χ3n) is 3.09. The number of hydrogen-bond acceptors (Lipinski definition) is 2. The molecule has 0 aliphatic heterocycles.